The van der Waals surface area contributed by atoms with Gasteiger partial charge in [-0.1, -0.05) is 12.1 Å². The van der Waals surface area contributed by atoms with Gasteiger partial charge in [0.05, 0.1) is 5.69 Å². The fourth-order valence-electron chi connectivity index (χ4n) is 2.38. The second kappa shape index (κ2) is 8.63. The molecule has 0 saturated heterocycles. The van der Waals surface area contributed by atoms with E-state index in [0.29, 0.717) is 23.6 Å². The monoisotopic (exact) mass is 379 g/mol. The van der Waals surface area contributed by atoms with Crippen LogP contribution in [0.5, 0.6) is 0 Å². The zero-order chi connectivity index (χ0) is 19.9. The highest BCUT2D eigenvalue weighted by Crippen LogP contribution is 2.15. The van der Waals surface area contributed by atoms with Crippen LogP contribution in [0.4, 0.5) is 20.6 Å². The van der Waals surface area contributed by atoms with Crippen molar-refractivity contribution in [1.29, 1.82) is 0 Å². The summed E-state index contributed by atoms with van der Waals surface area (Å²) in [5.41, 5.74) is 1.83. The smallest absolute Gasteiger partial charge is 0.319 e. The third kappa shape index (κ3) is 4.82. The van der Waals surface area contributed by atoms with E-state index in [1.807, 2.05) is 0 Å². The molecule has 3 amide bonds. The zero-order valence-electron chi connectivity index (χ0n) is 14.9. The van der Waals surface area contributed by atoms with Crippen LogP contribution in [0, 0.1) is 5.82 Å². The van der Waals surface area contributed by atoms with Crippen LogP contribution < -0.4 is 16.0 Å². The minimum atomic E-state index is -0.403. The van der Waals surface area contributed by atoms with Gasteiger partial charge >= 0.3 is 6.03 Å². The van der Waals surface area contributed by atoms with Crippen LogP contribution in [-0.2, 0) is 0 Å². The first kappa shape index (κ1) is 18.8. The fourth-order valence-corrected chi connectivity index (χ4v) is 2.38. The molecule has 0 aliphatic rings. The van der Waals surface area contributed by atoms with Crippen LogP contribution in [-0.4, -0.2) is 28.3 Å². The van der Waals surface area contributed by atoms with Crippen molar-refractivity contribution in [1.82, 2.24) is 15.1 Å². The first-order chi connectivity index (χ1) is 13.5. The molecule has 1 aromatic heterocycles. The maximum atomic E-state index is 13.3. The highest BCUT2D eigenvalue weighted by Gasteiger charge is 2.11. The summed E-state index contributed by atoms with van der Waals surface area (Å²) >= 11 is 0. The Morgan fingerprint density at radius 1 is 1.07 bits per heavy atom. The Morgan fingerprint density at radius 3 is 2.46 bits per heavy atom. The first-order valence-electron chi connectivity index (χ1n) is 8.44. The van der Waals surface area contributed by atoms with Crippen LogP contribution >= 0.6 is 0 Å². The van der Waals surface area contributed by atoms with E-state index in [0.717, 1.165) is 0 Å². The summed E-state index contributed by atoms with van der Waals surface area (Å²) < 4.78 is 14.7. The van der Waals surface area contributed by atoms with Gasteiger partial charge in [0.25, 0.3) is 5.91 Å². The number of nitrogens with zero attached hydrogens (tertiary/aromatic N) is 2. The molecule has 7 nitrogen and oxygen atoms in total. The summed E-state index contributed by atoms with van der Waals surface area (Å²) in [6, 6.07) is 13.7. The predicted octanol–water partition coefficient (Wildman–Crippen LogP) is 3.57. The van der Waals surface area contributed by atoms with Crippen molar-refractivity contribution >= 4 is 23.3 Å². The largest absolute Gasteiger partial charge is 0.334 e. The summed E-state index contributed by atoms with van der Waals surface area (Å²) in [7, 11) is 0. The molecule has 142 valence electrons. The number of rotatable bonds is 6. The Hall–Kier alpha value is -3.94. The number of aromatic nitrogens is 2. The number of halogens is 1. The SMILES string of the molecule is C=CCNC(=O)Nc1ccc(NC(=O)c2ccn(-c3cccc(F)c3)n2)cc1. The molecule has 0 fully saturated rings. The summed E-state index contributed by atoms with van der Waals surface area (Å²) in [4.78, 5) is 23.9. The van der Waals surface area contributed by atoms with Gasteiger partial charge in [0.15, 0.2) is 5.69 Å². The molecule has 1 heterocycles. The standard InChI is InChI=1S/C20H18FN5O2/c1-2-11-22-20(28)24-16-8-6-15(7-9-16)23-19(27)18-10-12-26(25-18)17-5-3-4-14(21)13-17/h2-10,12-13H,1,11H2,(H,23,27)(H2,22,24,28). The van der Waals surface area contributed by atoms with Crippen molar-refractivity contribution in [2.24, 2.45) is 0 Å². The molecule has 0 radical (unpaired) electrons. The number of hydrogen-bond acceptors (Lipinski definition) is 3. The van der Waals surface area contributed by atoms with E-state index < -0.39 is 5.91 Å². The maximum absolute atomic E-state index is 13.3. The molecule has 28 heavy (non-hydrogen) atoms. The minimum absolute atomic E-state index is 0.190. The van der Waals surface area contributed by atoms with E-state index in [1.165, 1.54) is 16.8 Å². The molecular weight excluding hydrogens is 361 g/mol. The number of carbonyl (C=O) groups is 2. The summed E-state index contributed by atoms with van der Waals surface area (Å²) in [6.45, 7) is 3.88. The van der Waals surface area contributed by atoms with E-state index in [2.05, 4.69) is 27.6 Å². The Morgan fingerprint density at radius 2 is 1.79 bits per heavy atom. The first-order valence-corrected chi connectivity index (χ1v) is 8.44. The Balaban J connectivity index is 1.62. The van der Waals surface area contributed by atoms with Crippen molar-refractivity contribution in [2.45, 2.75) is 0 Å². The molecule has 0 saturated carbocycles. The summed E-state index contributed by atoms with van der Waals surface area (Å²) in [5.74, 6) is -0.787. The third-order valence-corrected chi connectivity index (χ3v) is 3.70. The zero-order valence-corrected chi connectivity index (χ0v) is 14.9. The maximum Gasteiger partial charge on any atom is 0.319 e. The quantitative estimate of drug-likeness (QED) is 0.572. The molecule has 3 aromatic rings. The number of benzene rings is 2. The van der Waals surface area contributed by atoms with Crippen molar-refractivity contribution in [3.8, 4) is 5.69 Å². The van der Waals surface area contributed by atoms with Gasteiger partial charge in [-0.2, -0.15) is 5.10 Å². The van der Waals surface area contributed by atoms with Gasteiger partial charge in [-0.05, 0) is 48.5 Å². The Bertz CT molecular complexity index is 998. The molecular formula is C20H18FN5O2. The van der Waals surface area contributed by atoms with E-state index >= 15 is 0 Å². The van der Waals surface area contributed by atoms with E-state index in [9.17, 15) is 14.0 Å². The molecule has 0 unspecified atom stereocenters. The number of urea groups is 1. The second-order valence-corrected chi connectivity index (χ2v) is 5.78. The number of carbonyl (C=O) groups excluding carboxylic acids is 2. The number of amides is 3. The normalized spacial score (nSPS) is 10.2. The van der Waals surface area contributed by atoms with Gasteiger partial charge in [0, 0.05) is 24.1 Å². The summed E-state index contributed by atoms with van der Waals surface area (Å²) in [6.07, 6.45) is 3.16. The molecule has 0 aliphatic carbocycles. The minimum Gasteiger partial charge on any atom is -0.334 e. The molecule has 0 atom stereocenters. The van der Waals surface area contributed by atoms with Crippen LogP contribution in [0.25, 0.3) is 5.69 Å². The van der Waals surface area contributed by atoms with Gasteiger partial charge in [-0.15, -0.1) is 6.58 Å². The Kier molecular flexibility index (Phi) is 5.81. The van der Waals surface area contributed by atoms with E-state index in [4.69, 9.17) is 0 Å². The van der Waals surface area contributed by atoms with Crippen molar-refractivity contribution in [3.63, 3.8) is 0 Å². The predicted molar refractivity (Wildman–Crippen MR) is 105 cm³/mol. The lowest BCUT2D eigenvalue weighted by Crippen LogP contribution is -2.28. The van der Waals surface area contributed by atoms with Crippen LogP contribution in [0.1, 0.15) is 10.5 Å². The molecule has 0 spiro atoms. The third-order valence-electron chi connectivity index (χ3n) is 3.70. The van der Waals surface area contributed by atoms with Gasteiger partial charge in [0.2, 0.25) is 0 Å². The highest BCUT2D eigenvalue weighted by molar-refractivity contribution is 6.03. The molecule has 8 heteroatoms. The molecule has 2 aromatic carbocycles. The lowest BCUT2D eigenvalue weighted by atomic mass is 10.2. The lowest BCUT2D eigenvalue weighted by molar-refractivity contribution is 0.102. The lowest BCUT2D eigenvalue weighted by Gasteiger charge is -2.08. The topological polar surface area (TPSA) is 88.0 Å². The van der Waals surface area contributed by atoms with E-state index in [-0.39, 0.29) is 17.5 Å². The molecule has 0 aliphatic heterocycles. The van der Waals surface area contributed by atoms with Gasteiger partial charge in [0.1, 0.15) is 5.82 Å². The number of anilines is 2. The van der Waals surface area contributed by atoms with Crippen molar-refractivity contribution in [2.75, 3.05) is 17.2 Å². The van der Waals surface area contributed by atoms with Crippen molar-refractivity contribution < 1.29 is 14.0 Å². The van der Waals surface area contributed by atoms with Crippen LogP contribution in [0.3, 0.4) is 0 Å². The summed E-state index contributed by atoms with van der Waals surface area (Å²) in [5, 5.41) is 12.1. The van der Waals surface area contributed by atoms with Crippen molar-refractivity contribution in [3.05, 3.63) is 85.0 Å². The molecule has 0 bridgehead atoms. The second-order valence-electron chi connectivity index (χ2n) is 5.78. The number of nitrogens with one attached hydrogen (secondary N) is 3. The Labute approximate surface area is 160 Å². The molecule has 3 rings (SSSR count). The number of hydrogen-bond donors (Lipinski definition) is 3. The van der Waals surface area contributed by atoms with Gasteiger partial charge < -0.3 is 16.0 Å². The molecule has 3 N–H and O–H groups in total. The van der Waals surface area contributed by atoms with Gasteiger partial charge in [-0.3, -0.25) is 4.79 Å². The van der Waals surface area contributed by atoms with Gasteiger partial charge in [-0.25, -0.2) is 13.9 Å². The fraction of sp³-hybridized carbons (Fsp3) is 0.0500. The van der Waals surface area contributed by atoms with E-state index in [1.54, 1.807) is 54.7 Å². The van der Waals surface area contributed by atoms with Crippen LogP contribution in [0.2, 0.25) is 0 Å². The average molecular weight is 379 g/mol. The van der Waals surface area contributed by atoms with Crippen LogP contribution in [0.15, 0.2) is 73.4 Å². The highest BCUT2D eigenvalue weighted by atomic mass is 19.1. The average Bonchev–Trinajstić information content (AvgIpc) is 3.18.